The molecule has 3 nitrogen and oxygen atoms in total. The number of nitrogens with two attached hydrogens (primary N) is 1. The molecule has 0 fully saturated rings. The number of hydrazine groups is 1. The van der Waals surface area contributed by atoms with E-state index in [0.717, 1.165) is 17.4 Å². The van der Waals surface area contributed by atoms with Gasteiger partial charge in [-0.15, -0.1) is 0 Å². The molecule has 2 rings (SSSR count). The molecule has 0 saturated heterocycles. The number of fused-ring (bicyclic) bond motifs is 1. The van der Waals surface area contributed by atoms with Crippen LogP contribution in [0.3, 0.4) is 0 Å². The number of anilines is 1. The Bertz CT molecular complexity index is 454. The highest BCUT2D eigenvalue weighted by atomic mass is 32.1. The minimum absolute atomic E-state index is 0.174. The zero-order chi connectivity index (χ0) is 9.42. The van der Waals surface area contributed by atoms with E-state index in [0.29, 0.717) is 10.6 Å². The van der Waals surface area contributed by atoms with Crippen LogP contribution in [0.15, 0.2) is 12.1 Å². The molecule has 0 spiro atoms. The number of rotatable bonds is 1. The Hall–Kier alpha value is -1.27. The van der Waals surface area contributed by atoms with Crippen molar-refractivity contribution >= 4 is 26.7 Å². The lowest BCUT2D eigenvalue weighted by Crippen LogP contribution is -2.05. The molecule has 1 heterocycles. The van der Waals surface area contributed by atoms with Gasteiger partial charge in [0.1, 0.15) is 0 Å². The maximum Gasteiger partial charge on any atom is 0.198 e. The smallest absolute Gasteiger partial charge is 0.198 e. The number of hydrogen-bond acceptors (Lipinski definition) is 4. The molecule has 2 aromatic rings. The quantitative estimate of drug-likeness (QED) is 0.547. The van der Waals surface area contributed by atoms with E-state index >= 15 is 0 Å². The Morgan fingerprint density at radius 3 is 2.85 bits per heavy atom. The molecule has 1 aromatic carbocycles. The number of halogens is 2. The van der Waals surface area contributed by atoms with E-state index in [2.05, 4.69) is 10.4 Å². The first kappa shape index (κ1) is 8.33. The van der Waals surface area contributed by atoms with Crippen LogP contribution in [0, 0.1) is 11.6 Å². The average Bonchev–Trinajstić information content (AvgIpc) is 2.55. The second-order valence-corrected chi connectivity index (χ2v) is 3.37. The van der Waals surface area contributed by atoms with Crippen molar-refractivity contribution in [3.8, 4) is 0 Å². The van der Waals surface area contributed by atoms with E-state index in [1.807, 2.05) is 0 Å². The van der Waals surface area contributed by atoms with Crippen LogP contribution in [0.25, 0.3) is 10.2 Å². The molecule has 0 radical (unpaired) electrons. The van der Waals surface area contributed by atoms with Crippen molar-refractivity contribution in [2.24, 2.45) is 5.84 Å². The minimum atomic E-state index is -0.878. The number of nitrogen functional groups attached to an aromatic ring is 1. The zero-order valence-electron chi connectivity index (χ0n) is 6.34. The van der Waals surface area contributed by atoms with Crippen molar-refractivity contribution in [3.05, 3.63) is 23.8 Å². The van der Waals surface area contributed by atoms with Gasteiger partial charge >= 0.3 is 0 Å². The van der Waals surface area contributed by atoms with Crippen LogP contribution in [0.5, 0.6) is 0 Å². The number of aromatic nitrogens is 1. The van der Waals surface area contributed by atoms with Crippen molar-refractivity contribution in [2.75, 3.05) is 5.43 Å². The summed E-state index contributed by atoms with van der Waals surface area (Å²) >= 11 is 0.976. The lowest BCUT2D eigenvalue weighted by atomic mass is 10.3. The first-order valence-corrected chi connectivity index (χ1v) is 4.25. The monoisotopic (exact) mass is 201 g/mol. The number of nitrogens with zero attached hydrogens (tertiary/aromatic N) is 1. The molecule has 0 aliphatic heterocycles. The van der Waals surface area contributed by atoms with Gasteiger partial charge in [-0.05, 0) is 12.1 Å². The maximum atomic E-state index is 13.1. The molecule has 0 amide bonds. The molecule has 0 aliphatic rings. The van der Waals surface area contributed by atoms with Crippen LogP contribution in [-0.4, -0.2) is 4.98 Å². The van der Waals surface area contributed by atoms with Gasteiger partial charge in [0.15, 0.2) is 16.8 Å². The maximum absolute atomic E-state index is 13.1. The summed E-state index contributed by atoms with van der Waals surface area (Å²) in [5, 5.41) is 0.361. The molecule has 13 heavy (non-hydrogen) atoms. The third-order valence-electron chi connectivity index (χ3n) is 1.57. The average molecular weight is 201 g/mol. The fourth-order valence-electron chi connectivity index (χ4n) is 0.998. The predicted molar refractivity (Wildman–Crippen MR) is 47.3 cm³/mol. The molecule has 0 bridgehead atoms. The number of thiazole rings is 1. The lowest BCUT2D eigenvalue weighted by Gasteiger charge is -1.90. The molecular weight excluding hydrogens is 196 g/mol. The van der Waals surface area contributed by atoms with Crippen molar-refractivity contribution in [2.45, 2.75) is 0 Å². The highest BCUT2D eigenvalue weighted by molar-refractivity contribution is 7.22. The standard InChI is InChI=1S/C7H5F2N3S/c8-3-1-2-4-6(5(3)9)13-7(11-4)12-10/h1-2H,10H2,(H,11,12). The number of benzene rings is 1. The van der Waals surface area contributed by atoms with Crippen LogP contribution in [0.2, 0.25) is 0 Å². The van der Waals surface area contributed by atoms with Crippen LogP contribution in [-0.2, 0) is 0 Å². The SMILES string of the molecule is NNc1nc2ccc(F)c(F)c2s1. The largest absolute Gasteiger partial charge is 0.300 e. The summed E-state index contributed by atoms with van der Waals surface area (Å²) in [6.45, 7) is 0. The molecule has 3 N–H and O–H groups in total. The summed E-state index contributed by atoms with van der Waals surface area (Å²) < 4.78 is 26.0. The van der Waals surface area contributed by atoms with Gasteiger partial charge in [0, 0.05) is 0 Å². The van der Waals surface area contributed by atoms with Gasteiger partial charge in [-0.2, -0.15) is 0 Å². The molecule has 1 aromatic heterocycles. The van der Waals surface area contributed by atoms with Crippen molar-refractivity contribution < 1.29 is 8.78 Å². The molecule has 0 saturated carbocycles. The minimum Gasteiger partial charge on any atom is -0.300 e. The van der Waals surface area contributed by atoms with Crippen molar-refractivity contribution in [3.63, 3.8) is 0 Å². The molecule has 0 atom stereocenters. The lowest BCUT2D eigenvalue weighted by molar-refractivity contribution is 0.518. The van der Waals surface area contributed by atoms with E-state index in [9.17, 15) is 8.78 Å². The Morgan fingerprint density at radius 2 is 2.15 bits per heavy atom. The van der Waals surface area contributed by atoms with Crippen LogP contribution in [0.1, 0.15) is 0 Å². The van der Waals surface area contributed by atoms with Gasteiger partial charge < -0.3 is 0 Å². The van der Waals surface area contributed by atoms with Gasteiger partial charge in [-0.1, -0.05) is 11.3 Å². The van der Waals surface area contributed by atoms with Gasteiger partial charge in [0.2, 0.25) is 0 Å². The summed E-state index contributed by atoms with van der Waals surface area (Å²) in [4.78, 5) is 3.91. The Labute approximate surface area is 76.2 Å². The van der Waals surface area contributed by atoms with Crippen LogP contribution < -0.4 is 11.3 Å². The number of hydrogen-bond donors (Lipinski definition) is 2. The van der Waals surface area contributed by atoms with E-state index in [1.54, 1.807) is 0 Å². The third kappa shape index (κ3) is 1.24. The number of nitrogens with one attached hydrogen (secondary N) is 1. The summed E-state index contributed by atoms with van der Waals surface area (Å²) in [6.07, 6.45) is 0. The summed E-state index contributed by atoms with van der Waals surface area (Å²) in [5.41, 5.74) is 2.68. The van der Waals surface area contributed by atoms with E-state index < -0.39 is 11.6 Å². The second kappa shape index (κ2) is 2.90. The topological polar surface area (TPSA) is 50.9 Å². The van der Waals surface area contributed by atoms with Crippen LogP contribution >= 0.6 is 11.3 Å². The Morgan fingerprint density at radius 1 is 1.38 bits per heavy atom. The molecular formula is C7H5F2N3S. The molecule has 0 aliphatic carbocycles. The van der Waals surface area contributed by atoms with Gasteiger partial charge in [-0.3, -0.25) is 5.43 Å². The molecule has 68 valence electrons. The fraction of sp³-hybridized carbons (Fsp3) is 0. The summed E-state index contributed by atoms with van der Waals surface area (Å²) in [7, 11) is 0. The molecule has 6 heteroatoms. The van der Waals surface area contributed by atoms with Gasteiger partial charge in [0.05, 0.1) is 10.2 Å². The van der Waals surface area contributed by atoms with Crippen molar-refractivity contribution in [1.29, 1.82) is 0 Å². The van der Waals surface area contributed by atoms with Gasteiger partial charge in [0.25, 0.3) is 0 Å². The third-order valence-corrected chi connectivity index (χ3v) is 2.57. The Kier molecular flexibility index (Phi) is 1.86. The second-order valence-electron chi connectivity index (χ2n) is 2.37. The highest BCUT2D eigenvalue weighted by Crippen LogP contribution is 2.28. The first-order valence-electron chi connectivity index (χ1n) is 3.43. The first-order chi connectivity index (χ1) is 6.22. The van der Waals surface area contributed by atoms with E-state index in [-0.39, 0.29) is 4.70 Å². The zero-order valence-corrected chi connectivity index (χ0v) is 7.16. The normalized spacial score (nSPS) is 10.7. The van der Waals surface area contributed by atoms with Crippen LogP contribution in [0.4, 0.5) is 13.9 Å². The predicted octanol–water partition coefficient (Wildman–Crippen LogP) is 1.86. The fourth-order valence-corrected chi connectivity index (χ4v) is 1.80. The summed E-state index contributed by atoms with van der Waals surface area (Å²) in [6, 6.07) is 2.45. The van der Waals surface area contributed by atoms with Crippen molar-refractivity contribution in [1.82, 2.24) is 4.98 Å². The Balaban J connectivity index is 2.76. The highest BCUT2D eigenvalue weighted by Gasteiger charge is 2.11. The van der Waals surface area contributed by atoms with Gasteiger partial charge in [-0.25, -0.2) is 19.6 Å². The molecule has 0 unspecified atom stereocenters. The summed E-state index contributed by atoms with van der Waals surface area (Å²) in [5.74, 6) is 3.33. The van der Waals surface area contributed by atoms with E-state index in [4.69, 9.17) is 5.84 Å². The van der Waals surface area contributed by atoms with E-state index in [1.165, 1.54) is 6.07 Å².